The minimum Gasteiger partial charge on any atom is -0.364 e. The Morgan fingerprint density at radius 2 is 2.17 bits per heavy atom. The molecule has 0 atom stereocenters. The highest BCUT2D eigenvalue weighted by molar-refractivity contribution is 5.37. The lowest BCUT2D eigenvalue weighted by molar-refractivity contribution is 0.907. The average Bonchev–Trinajstić information content (AvgIpc) is 2.44. The maximum atomic E-state index is 4.31. The summed E-state index contributed by atoms with van der Waals surface area (Å²) in [7, 11) is 0. The Hall–Kier alpha value is -2.24. The zero-order chi connectivity index (χ0) is 12.6. The predicted octanol–water partition coefficient (Wildman–Crippen LogP) is 1.70. The summed E-state index contributed by atoms with van der Waals surface area (Å²) in [5, 5.41) is 14.1. The van der Waals surface area contributed by atoms with Gasteiger partial charge in [0.2, 0.25) is 5.95 Å². The molecule has 0 saturated heterocycles. The lowest BCUT2D eigenvalue weighted by atomic mass is 10.3. The van der Waals surface area contributed by atoms with Gasteiger partial charge in [-0.2, -0.15) is 10.1 Å². The third-order valence-electron chi connectivity index (χ3n) is 2.29. The minimum atomic E-state index is 0.549. The quantitative estimate of drug-likeness (QED) is 0.805. The molecule has 94 valence electrons. The molecule has 2 aromatic heterocycles. The van der Waals surface area contributed by atoms with Crippen molar-refractivity contribution in [1.82, 2.24) is 20.2 Å². The SMILES string of the molecule is CCCNc1nncc(NCc2cccnc2)n1. The first-order valence-corrected chi connectivity index (χ1v) is 5.95. The van der Waals surface area contributed by atoms with Gasteiger partial charge in [-0.1, -0.05) is 13.0 Å². The predicted molar refractivity (Wildman–Crippen MR) is 70.2 cm³/mol. The molecule has 2 N–H and O–H groups in total. The van der Waals surface area contributed by atoms with Gasteiger partial charge in [0, 0.05) is 25.5 Å². The summed E-state index contributed by atoms with van der Waals surface area (Å²) < 4.78 is 0. The fourth-order valence-electron chi connectivity index (χ4n) is 1.40. The molecule has 0 spiro atoms. The van der Waals surface area contributed by atoms with Gasteiger partial charge in [-0.15, -0.1) is 5.10 Å². The van der Waals surface area contributed by atoms with Crippen molar-refractivity contribution < 1.29 is 0 Å². The topological polar surface area (TPSA) is 75.6 Å². The molecule has 2 heterocycles. The van der Waals surface area contributed by atoms with Gasteiger partial charge in [0.25, 0.3) is 0 Å². The normalized spacial score (nSPS) is 10.1. The first-order valence-electron chi connectivity index (χ1n) is 5.95. The molecule has 2 aromatic rings. The molecule has 0 fully saturated rings. The third kappa shape index (κ3) is 3.65. The number of hydrogen-bond donors (Lipinski definition) is 2. The van der Waals surface area contributed by atoms with Gasteiger partial charge in [-0.05, 0) is 18.1 Å². The second-order valence-corrected chi connectivity index (χ2v) is 3.81. The van der Waals surface area contributed by atoms with Crippen LogP contribution in [0.15, 0.2) is 30.7 Å². The lowest BCUT2D eigenvalue weighted by Gasteiger charge is -2.06. The Balaban J connectivity index is 1.93. The molecular weight excluding hydrogens is 228 g/mol. The molecule has 0 aliphatic heterocycles. The molecule has 0 saturated carbocycles. The van der Waals surface area contributed by atoms with E-state index in [0.717, 1.165) is 18.5 Å². The molecule has 0 aliphatic rings. The van der Waals surface area contributed by atoms with Crippen LogP contribution in [0.1, 0.15) is 18.9 Å². The van der Waals surface area contributed by atoms with Crippen LogP contribution >= 0.6 is 0 Å². The van der Waals surface area contributed by atoms with Crippen molar-refractivity contribution in [2.24, 2.45) is 0 Å². The number of anilines is 2. The zero-order valence-corrected chi connectivity index (χ0v) is 10.3. The maximum Gasteiger partial charge on any atom is 0.244 e. The van der Waals surface area contributed by atoms with Crippen LogP contribution in [-0.4, -0.2) is 26.7 Å². The summed E-state index contributed by atoms with van der Waals surface area (Å²) in [4.78, 5) is 8.36. The van der Waals surface area contributed by atoms with E-state index in [-0.39, 0.29) is 0 Å². The number of hydrogen-bond acceptors (Lipinski definition) is 6. The molecule has 18 heavy (non-hydrogen) atoms. The summed E-state index contributed by atoms with van der Waals surface area (Å²) in [6, 6.07) is 3.91. The number of rotatable bonds is 6. The molecule has 0 unspecified atom stereocenters. The number of nitrogens with zero attached hydrogens (tertiary/aromatic N) is 4. The summed E-state index contributed by atoms with van der Waals surface area (Å²) in [5.41, 5.74) is 1.10. The van der Waals surface area contributed by atoms with Crippen molar-refractivity contribution >= 4 is 11.8 Å². The lowest BCUT2D eigenvalue weighted by Crippen LogP contribution is -2.08. The van der Waals surface area contributed by atoms with E-state index in [9.17, 15) is 0 Å². The molecule has 0 aromatic carbocycles. The Bertz CT molecular complexity index is 473. The van der Waals surface area contributed by atoms with Crippen LogP contribution < -0.4 is 10.6 Å². The smallest absolute Gasteiger partial charge is 0.244 e. The van der Waals surface area contributed by atoms with Gasteiger partial charge < -0.3 is 10.6 Å². The Morgan fingerprint density at radius 3 is 2.94 bits per heavy atom. The maximum absolute atomic E-state index is 4.31. The van der Waals surface area contributed by atoms with E-state index in [1.807, 2.05) is 18.3 Å². The standard InChI is InChI=1S/C12H16N6/c1-2-5-14-12-17-11(9-16-18-12)15-8-10-4-3-6-13-7-10/h3-4,6-7,9H,2,5,8H2,1H3,(H2,14,15,17,18). The molecule has 0 bridgehead atoms. The highest BCUT2D eigenvalue weighted by Crippen LogP contribution is 2.06. The molecule has 2 rings (SSSR count). The molecular formula is C12H16N6. The second kappa shape index (κ2) is 6.48. The number of pyridine rings is 1. The first-order chi connectivity index (χ1) is 8.88. The van der Waals surface area contributed by atoms with Crippen molar-refractivity contribution in [2.75, 3.05) is 17.2 Å². The van der Waals surface area contributed by atoms with Crippen molar-refractivity contribution in [3.63, 3.8) is 0 Å². The minimum absolute atomic E-state index is 0.549. The monoisotopic (exact) mass is 244 g/mol. The summed E-state index contributed by atoms with van der Waals surface area (Å²) in [5.74, 6) is 1.25. The molecule has 0 amide bonds. The van der Waals surface area contributed by atoms with E-state index in [1.54, 1.807) is 12.4 Å². The highest BCUT2D eigenvalue weighted by atomic mass is 15.3. The van der Waals surface area contributed by atoms with Crippen molar-refractivity contribution in [3.8, 4) is 0 Å². The van der Waals surface area contributed by atoms with Gasteiger partial charge in [-0.3, -0.25) is 4.98 Å². The first kappa shape index (κ1) is 12.2. The number of nitrogens with one attached hydrogen (secondary N) is 2. The van der Waals surface area contributed by atoms with Crippen LogP contribution in [0.5, 0.6) is 0 Å². The van der Waals surface area contributed by atoms with Crippen LogP contribution in [-0.2, 0) is 6.54 Å². The van der Waals surface area contributed by atoms with Gasteiger partial charge in [0.15, 0.2) is 5.82 Å². The van der Waals surface area contributed by atoms with E-state index < -0.39 is 0 Å². The van der Waals surface area contributed by atoms with Crippen molar-refractivity contribution in [3.05, 3.63) is 36.3 Å². The van der Waals surface area contributed by atoms with E-state index in [1.165, 1.54) is 0 Å². The van der Waals surface area contributed by atoms with Gasteiger partial charge in [0.05, 0.1) is 6.20 Å². The van der Waals surface area contributed by atoms with E-state index >= 15 is 0 Å². The van der Waals surface area contributed by atoms with E-state index in [2.05, 4.69) is 37.7 Å². The van der Waals surface area contributed by atoms with Gasteiger partial charge >= 0.3 is 0 Å². The van der Waals surface area contributed by atoms with Crippen LogP contribution in [0.4, 0.5) is 11.8 Å². The molecule has 6 heteroatoms. The number of aromatic nitrogens is 4. The van der Waals surface area contributed by atoms with Crippen LogP contribution in [0.25, 0.3) is 0 Å². The van der Waals surface area contributed by atoms with Crippen molar-refractivity contribution in [1.29, 1.82) is 0 Å². The molecule has 0 aliphatic carbocycles. The van der Waals surface area contributed by atoms with Crippen LogP contribution in [0, 0.1) is 0 Å². The summed E-state index contributed by atoms with van der Waals surface area (Å²) in [6.45, 7) is 3.60. The zero-order valence-electron chi connectivity index (χ0n) is 10.3. The Morgan fingerprint density at radius 1 is 1.22 bits per heavy atom. The van der Waals surface area contributed by atoms with Crippen LogP contribution in [0.2, 0.25) is 0 Å². The fraction of sp³-hybridized carbons (Fsp3) is 0.333. The van der Waals surface area contributed by atoms with Gasteiger partial charge in [0.1, 0.15) is 0 Å². The van der Waals surface area contributed by atoms with Crippen molar-refractivity contribution in [2.45, 2.75) is 19.9 Å². The highest BCUT2D eigenvalue weighted by Gasteiger charge is 1.99. The third-order valence-corrected chi connectivity index (χ3v) is 2.29. The molecule has 0 radical (unpaired) electrons. The average molecular weight is 244 g/mol. The Labute approximate surface area is 106 Å². The van der Waals surface area contributed by atoms with Gasteiger partial charge in [-0.25, -0.2) is 0 Å². The van der Waals surface area contributed by atoms with Crippen LogP contribution in [0.3, 0.4) is 0 Å². The molecule has 6 nitrogen and oxygen atoms in total. The van der Waals surface area contributed by atoms with E-state index in [0.29, 0.717) is 18.3 Å². The largest absolute Gasteiger partial charge is 0.364 e. The second-order valence-electron chi connectivity index (χ2n) is 3.81. The van der Waals surface area contributed by atoms with E-state index in [4.69, 9.17) is 0 Å². The summed E-state index contributed by atoms with van der Waals surface area (Å²) in [6.07, 6.45) is 6.20. The Kier molecular flexibility index (Phi) is 4.40. The fourth-order valence-corrected chi connectivity index (χ4v) is 1.40. The summed E-state index contributed by atoms with van der Waals surface area (Å²) >= 11 is 0.